The number of nitrogens with zero attached hydrogens (tertiary/aromatic N) is 2. The van der Waals surface area contributed by atoms with Gasteiger partial charge in [0, 0.05) is 6.42 Å². The van der Waals surface area contributed by atoms with Crippen LogP contribution in [-0.2, 0) is 17.6 Å². The number of para-hydroxylation sites is 1. The maximum atomic E-state index is 12.4. The molecule has 6 heteroatoms. The van der Waals surface area contributed by atoms with E-state index in [0.717, 1.165) is 17.8 Å². The second-order valence-corrected chi connectivity index (χ2v) is 6.87. The minimum atomic E-state index is -0.561. The van der Waals surface area contributed by atoms with Crippen LogP contribution in [-0.4, -0.2) is 22.2 Å². The van der Waals surface area contributed by atoms with E-state index in [1.807, 2.05) is 55.5 Å². The van der Waals surface area contributed by atoms with Gasteiger partial charge >= 0.3 is 0 Å². The van der Waals surface area contributed by atoms with Crippen molar-refractivity contribution in [3.8, 4) is 5.75 Å². The zero-order valence-electron chi connectivity index (χ0n) is 14.6. The molecule has 0 unspecified atom stereocenters. The average molecular weight is 367 g/mol. The number of amides is 1. The molecule has 3 rings (SSSR count). The van der Waals surface area contributed by atoms with Gasteiger partial charge in [-0.1, -0.05) is 66.8 Å². The van der Waals surface area contributed by atoms with Crippen LogP contribution in [0.4, 0.5) is 5.13 Å². The summed E-state index contributed by atoms with van der Waals surface area (Å²) in [5.41, 5.74) is 1.26. The van der Waals surface area contributed by atoms with Crippen molar-refractivity contribution in [1.29, 1.82) is 0 Å². The van der Waals surface area contributed by atoms with Crippen LogP contribution in [0.5, 0.6) is 5.75 Å². The molecule has 0 bridgehead atoms. The number of ether oxygens (including phenoxy) is 1. The van der Waals surface area contributed by atoms with Gasteiger partial charge in [-0.2, -0.15) is 0 Å². The quantitative estimate of drug-likeness (QED) is 0.650. The summed E-state index contributed by atoms with van der Waals surface area (Å²) in [4.78, 5) is 12.4. The maximum Gasteiger partial charge on any atom is 0.267 e. The van der Waals surface area contributed by atoms with E-state index in [1.165, 1.54) is 16.9 Å². The number of anilines is 1. The lowest BCUT2D eigenvalue weighted by Gasteiger charge is -2.16. The van der Waals surface area contributed by atoms with Crippen LogP contribution in [0.2, 0.25) is 0 Å². The standard InChI is InChI=1S/C20H21N3O2S/c1-2-17(25-16-11-7-4-8-12-16)19(24)21-20-23-22-18(26-20)14-13-15-9-5-3-6-10-15/h3-12,17H,2,13-14H2,1H3,(H,21,23,24)/t17-/m0/s1. The van der Waals surface area contributed by atoms with E-state index in [0.29, 0.717) is 17.3 Å². The Bertz CT molecular complexity index is 821. The van der Waals surface area contributed by atoms with Gasteiger partial charge in [-0.25, -0.2) is 0 Å². The first kappa shape index (κ1) is 18.1. The third-order valence-corrected chi connectivity index (χ3v) is 4.75. The molecule has 26 heavy (non-hydrogen) atoms. The number of nitrogens with one attached hydrogen (secondary N) is 1. The highest BCUT2D eigenvalue weighted by Crippen LogP contribution is 2.19. The summed E-state index contributed by atoms with van der Waals surface area (Å²) >= 11 is 1.40. The molecule has 0 spiro atoms. The number of benzene rings is 2. The summed E-state index contributed by atoms with van der Waals surface area (Å²) in [6.07, 6.45) is 1.71. The van der Waals surface area contributed by atoms with Crippen molar-refractivity contribution in [2.45, 2.75) is 32.3 Å². The average Bonchev–Trinajstić information content (AvgIpc) is 3.13. The van der Waals surface area contributed by atoms with Crippen molar-refractivity contribution in [1.82, 2.24) is 10.2 Å². The number of hydrogen-bond acceptors (Lipinski definition) is 5. The third-order valence-electron chi connectivity index (χ3n) is 3.85. The topological polar surface area (TPSA) is 64.1 Å². The zero-order chi connectivity index (χ0) is 18.2. The molecule has 1 amide bonds. The van der Waals surface area contributed by atoms with Crippen LogP contribution in [0.15, 0.2) is 60.7 Å². The number of carbonyl (C=O) groups excluding carboxylic acids is 1. The Morgan fingerprint density at radius 2 is 1.73 bits per heavy atom. The monoisotopic (exact) mass is 367 g/mol. The number of aromatic nitrogens is 2. The first-order valence-corrected chi connectivity index (χ1v) is 9.45. The van der Waals surface area contributed by atoms with Crippen molar-refractivity contribution in [3.63, 3.8) is 0 Å². The predicted octanol–water partition coefficient (Wildman–Crippen LogP) is 4.12. The Kier molecular flexibility index (Phi) is 6.33. The normalized spacial score (nSPS) is 11.7. The summed E-state index contributed by atoms with van der Waals surface area (Å²) < 4.78 is 5.75. The molecule has 0 aliphatic rings. The minimum Gasteiger partial charge on any atom is -0.481 e. The van der Waals surface area contributed by atoms with E-state index < -0.39 is 6.10 Å². The zero-order valence-corrected chi connectivity index (χ0v) is 15.4. The Balaban J connectivity index is 1.54. The fraction of sp³-hybridized carbons (Fsp3) is 0.250. The Morgan fingerprint density at radius 1 is 1.04 bits per heavy atom. The maximum absolute atomic E-state index is 12.4. The first-order chi connectivity index (χ1) is 12.7. The lowest BCUT2D eigenvalue weighted by Crippen LogP contribution is -2.32. The Morgan fingerprint density at radius 3 is 2.42 bits per heavy atom. The SMILES string of the molecule is CC[C@H](Oc1ccccc1)C(=O)Nc1nnc(CCc2ccccc2)s1. The largest absolute Gasteiger partial charge is 0.481 e. The number of hydrogen-bond donors (Lipinski definition) is 1. The molecule has 0 aliphatic carbocycles. The lowest BCUT2D eigenvalue weighted by molar-refractivity contribution is -0.122. The van der Waals surface area contributed by atoms with Gasteiger partial charge in [0.2, 0.25) is 5.13 Å². The van der Waals surface area contributed by atoms with Crippen molar-refractivity contribution in [2.24, 2.45) is 0 Å². The molecule has 0 fully saturated rings. The summed E-state index contributed by atoms with van der Waals surface area (Å²) in [7, 11) is 0. The van der Waals surface area contributed by atoms with Gasteiger partial charge in [0.05, 0.1) is 0 Å². The van der Waals surface area contributed by atoms with Crippen LogP contribution in [0.3, 0.4) is 0 Å². The highest BCUT2D eigenvalue weighted by Gasteiger charge is 2.20. The molecule has 1 N–H and O–H groups in total. The molecule has 1 atom stereocenters. The predicted molar refractivity (Wildman–Crippen MR) is 104 cm³/mol. The van der Waals surface area contributed by atoms with E-state index >= 15 is 0 Å². The van der Waals surface area contributed by atoms with Crippen LogP contribution < -0.4 is 10.1 Å². The second-order valence-electron chi connectivity index (χ2n) is 5.80. The van der Waals surface area contributed by atoms with Crippen LogP contribution in [0.25, 0.3) is 0 Å². The first-order valence-electron chi connectivity index (χ1n) is 8.63. The van der Waals surface area contributed by atoms with Gasteiger partial charge < -0.3 is 4.74 Å². The van der Waals surface area contributed by atoms with Crippen molar-refractivity contribution >= 4 is 22.4 Å². The summed E-state index contributed by atoms with van der Waals surface area (Å²) in [6, 6.07) is 19.6. The van der Waals surface area contributed by atoms with E-state index in [-0.39, 0.29) is 5.91 Å². The highest BCUT2D eigenvalue weighted by molar-refractivity contribution is 7.15. The molecule has 0 radical (unpaired) electrons. The van der Waals surface area contributed by atoms with Gasteiger partial charge in [-0.15, -0.1) is 10.2 Å². The third kappa shape index (κ3) is 5.13. The van der Waals surface area contributed by atoms with Crippen molar-refractivity contribution < 1.29 is 9.53 Å². The van der Waals surface area contributed by atoms with Crippen LogP contribution in [0.1, 0.15) is 23.9 Å². The number of aryl methyl sites for hydroxylation is 2. The summed E-state index contributed by atoms with van der Waals surface area (Å²) in [5.74, 6) is 0.470. The fourth-order valence-corrected chi connectivity index (χ4v) is 3.21. The Hall–Kier alpha value is -2.73. The molecular formula is C20H21N3O2S. The summed E-state index contributed by atoms with van der Waals surface area (Å²) in [6.45, 7) is 1.92. The molecule has 2 aromatic carbocycles. The van der Waals surface area contributed by atoms with Crippen molar-refractivity contribution in [3.05, 3.63) is 71.2 Å². The van der Waals surface area contributed by atoms with E-state index in [9.17, 15) is 4.79 Å². The van der Waals surface area contributed by atoms with E-state index in [1.54, 1.807) is 0 Å². The van der Waals surface area contributed by atoms with Gasteiger partial charge in [0.25, 0.3) is 5.91 Å². The van der Waals surface area contributed by atoms with Gasteiger partial charge in [0.1, 0.15) is 10.8 Å². The minimum absolute atomic E-state index is 0.206. The number of rotatable bonds is 8. The number of carbonyl (C=O) groups is 1. The van der Waals surface area contributed by atoms with E-state index in [2.05, 4.69) is 27.6 Å². The molecule has 0 saturated heterocycles. The van der Waals surface area contributed by atoms with Crippen LogP contribution >= 0.6 is 11.3 Å². The molecule has 1 aromatic heterocycles. The summed E-state index contributed by atoms with van der Waals surface area (Å²) in [5, 5.41) is 12.5. The fourth-order valence-electron chi connectivity index (χ4n) is 2.47. The molecule has 1 heterocycles. The molecule has 3 aromatic rings. The van der Waals surface area contributed by atoms with Crippen molar-refractivity contribution in [2.75, 3.05) is 5.32 Å². The Labute approximate surface area is 157 Å². The molecule has 134 valence electrons. The van der Waals surface area contributed by atoms with Gasteiger partial charge in [-0.3, -0.25) is 10.1 Å². The molecule has 5 nitrogen and oxygen atoms in total. The van der Waals surface area contributed by atoms with Gasteiger partial charge in [0.15, 0.2) is 6.10 Å². The highest BCUT2D eigenvalue weighted by atomic mass is 32.1. The smallest absolute Gasteiger partial charge is 0.267 e. The lowest BCUT2D eigenvalue weighted by atomic mass is 10.1. The molecule has 0 saturated carbocycles. The van der Waals surface area contributed by atoms with Crippen LogP contribution in [0, 0.1) is 0 Å². The van der Waals surface area contributed by atoms with E-state index in [4.69, 9.17) is 4.74 Å². The molecular weight excluding hydrogens is 346 g/mol. The second kappa shape index (κ2) is 9.10. The van der Waals surface area contributed by atoms with Gasteiger partial charge in [-0.05, 0) is 30.5 Å². The molecule has 0 aliphatic heterocycles.